The number of hydrogen-bond donors (Lipinski definition) is 1. The third kappa shape index (κ3) is 6.18. The van der Waals surface area contributed by atoms with Gasteiger partial charge in [0.15, 0.2) is 0 Å². The van der Waals surface area contributed by atoms with Crippen LogP contribution in [-0.2, 0) is 10.2 Å². The SMILES string of the molecule is Cc1cc(C)cc(-c2[nH]c3ccc(C(C)(C)C(=O)N4C5CCC4CC5)cc3c2C(C)CN(C)CCCSc2ccncn2)c1. The normalized spacial score (nSPS) is 18.9. The van der Waals surface area contributed by atoms with Crippen LogP contribution in [0.15, 0.2) is 60.0 Å². The molecule has 1 amide bonds. The van der Waals surface area contributed by atoms with Crippen molar-refractivity contribution in [1.82, 2.24) is 24.8 Å². The van der Waals surface area contributed by atoms with E-state index in [2.05, 4.69) is 103 Å². The Labute approximate surface area is 267 Å². The minimum absolute atomic E-state index is 0.293. The molecule has 4 heterocycles. The lowest BCUT2D eigenvalue weighted by Crippen LogP contribution is -2.45. The quantitative estimate of drug-likeness (QED) is 0.106. The number of thioether (sulfide) groups is 1. The first-order valence-corrected chi connectivity index (χ1v) is 17.2. The summed E-state index contributed by atoms with van der Waals surface area (Å²) in [5, 5.41) is 2.27. The molecule has 6 rings (SSSR count). The first-order valence-electron chi connectivity index (χ1n) is 16.3. The highest BCUT2D eigenvalue weighted by atomic mass is 32.2. The smallest absolute Gasteiger partial charge is 0.233 e. The second-order valence-corrected chi connectivity index (χ2v) is 14.9. The van der Waals surface area contributed by atoms with Crippen LogP contribution in [-0.4, -0.2) is 68.6 Å². The average molecular weight is 610 g/mol. The van der Waals surface area contributed by atoms with Crippen LogP contribution >= 0.6 is 11.8 Å². The standard InChI is InChI=1S/C37H47N5OS/c1-24-18-25(2)20-27(19-24)35-34(26(3)22-41(6)16-7-17-44-33-14-15-38-23-39-33)31-21-28(8-13-32(31)40-35)37(4,5)36(43)42-29-9-10-30(42)12-11-29/h8,13-15,18-21,23,26,29-30,40H,7,9-12,16-17,22H2,1-6H3. The molecule has 232 valence electrons. The largest absolute Gasteiger partial charge is 0.354 e. The number of nitrogens with one attached hydrogen (secondary N) is 1. The molecule has 44 heavy (non-hydrogen) atoms. The lowest BCUT2D eigenvalue weighted by Gasteiger charge is -2.33. The molecule has 0 aliphatic carbocycles. The van der Waals surface area contributed by atoms with E-state index in [0.717, 1.165) is 67.1 Å². The van der Waals surface area contributed by atoms with E-state index in [4.69, 9.17) is 0 Å². The number of hydrogen-bond acceptors (Lipinski definition) is 5. The number of rotatable bonds is 11. The van der Waals surface area contributed by atoms with Crippen LogP contribution in [0.4, 0.5) is 0 Å². The summed E-state index contributed by atoms with van der Waals surface area (Å²) in [4.78, 5) is 30.9. The number of aryl methyl sites for hydroxylation is 2. The number of likely N-dealkylation sites (N-methyl/N-ethyl adjacent to an activating group) is 1. The van der Waals surface area contributed by atoms with E-state index < -0.39 is 5.41 Å². The highest BCUT2D eigenvalue weighted by Gasteiger charge is 2.47. The van der Waals surface area contributed by atoms with Crippen LogP contribution in [0.3, 0.4) is 0 Å². The van der Waals surface area contributed by atoms with Crippen LogP contribution in [0.1, 0.15) is 81.0 Å². The molecule has 1 N–H and O–H groups in total. The molecule has 6 nitrogen and oxygen atoms in total. The Hall–Kier alpha value is -3.16. The first-order chi connectivity index (χ1) is 21.1. The highest BCUT2D eigenvalue weighted by Crippen LogP contribution is 2.43. The van der Waals surface area contributed by atoms with Gasteiger partial charge in [-0.05, 0) is 126 Å². The van der Waals surface area contributed by atoms with Crippen molar-refractivity contribution in [1.29, 1.82) is 0 Å². The topological polar surface area (TPSA) is 65.1 Å². The molecule has 1 unspecified atom stereocenters. The summed E-state index contributed by atoms with van der Waals surface area (Å²) in [6, 6.07) is 16.4. The molecule has 2 bridgehead atoms. The maximum absolute atomic E-state index is 14.0. The Bertz CT molecular complexity index is 1590. The number of benzene rings is 2. The summed E-state index contributed by atoms with van der Waals surface area (Å²) < 4.78 is 0. The number of amides is 1. The van der Waals surface area contributed by atoms with Gasteiger partial charge in [0.1, 0.15) is 6.33 Å². The van der Waals surface area contributed by atoms with Crippen LogP contribution < -0.4 is 0 Å². The fourth-order valence-electron chi connectivity index (χ4n) is 7.68. The van der Waals surface area contributed by atoms with Crippen molar-refractivity contribution in [2.24, 2.45) is 0 Å². The van der Waals surface area contributed by atoms with E-state index in [-0.39, 0.29) is 0 Å². The van der Waals surface area contributed by atoms with Gasteiger partial charge in [-0.15, -0.1) is 11.8 Å². The molecular weight excluding hydrogens is 563 g/mol. The van der Waals surface area contributed by atoms with Gasteiger partial charge in [0, 0.05) is 41.5 Å². The molecular formula is C37H47N5OS. The van der Waals surface area contributed by atoms with Crippen molar-refractivity contribution < 1.29 is 4.79 Å². The van der Waals surface area contributed by atoms with Crippen LogP contribution in [0.25, 0.3) is 22.2 Å². The summed E-state index contributed by atoms with van der Waals surface area (Å²) in [5.41, 5.74) is 7.98. The summed E-state index contributed by atoms with van der Waals surface area (Å²) in [6.45, 7) is 12.9. The monoisotopic (exact) mass is 609 g/mol. The van der Waals surface area contributed by atoms with Crippen molar-refractivity contribution in [2.45, 2.75) is 95.2 Å². The number of aromatic amines is 1. The summed E-state index contributed by atoms with van der Waals surface area (Å²) >= 11 is 1.79. The second kappa shape index (κ2) is 12.7. The molecule has 2 fully saturated rings. The Morgan fingerprint density at radius 3 is 2.43 bits per heavy atom. The number of nitrogens with zero attached hydrogens (tertiary/aromatic N) is 4. The first kappa shape index (κ1) is 30.8. The van der Waals surface area contributed by atoms with Gasteiger partial charge in [-0.1, -0.05) is 30.2 Å². The van der Waals surface area contributed by atoms with Gasteiger partial charge in [-0.3, -0.25) is 4.79 Å². The van der Waals surface area contributed by atoms with E-state index in [1.807, 2.05) is 6.07 Å². The van der Waals surface area contributed by atoms with E-state index in [1.54, 1.807) is 24.3 Å². The van der Waals surface area contributed by atoms with Gasteiger partial charge < -0.3 is 14.8 Å². The maximum atomic E-state index is 14.0. The molecule has 2 aromatic heterocycles. The predicted octanol–water partition coefficient (Wildman–Crippen LogP) is 7.89. The molecule has 0 spiro atoms. The van der Waals surface area contributed by atoms with Gasteiger partial charge in [0.25, 0.3) is 0 Å². The van der Waals surface area contributed by atoms with E-state index in [1.165, 1.54) is 33.3 Å². The molecule has 2 aromatic carbocycles. The molecule has 2 aliphatic rings. The van der Waals surface area contributed by atoms with Crippen molar-refractivity contribution >= 4 is 28.6 Å². The second-order valence-electron chi connectivity index (χ2n) is 13.8. The fourth-order valence-corrected chi connectivity index (χ4v) is 8.44. The highest BCUT2D eigenvalue weighted by molar-refractivity contribution is 7.99. The van der Waals surface area contributed by atoms with Crippen molar-refractivity contribution in [2.75, 3.05) is 25.9 Å². The Morgan fingerprint density at radius 2 is 1.77 bits per heavy atom. The zero-order chi connectivity index (χ0) is 31.0. The third-order valence-electron chi connectivity index (χ3n) is 9.86. The number of carbonyl (C=O) groups is 1. The van der Waals surface area contributed by atoms with Crippen LogP contribution in [0.5, 0.6) is 0 Å². The third-order valence-corrected chi connectivity index (χ3v) is 10.9. The number of H-pyrrole nitrogens is 1. The Balaban J connectivity index is 1.28. The maximum Gasteiger partial charge on any atom is 0.233 e. The zero-order valence-electron chi connectivity index (χ0n) is 27.2. The van der Waals surface area contributed by atoms with Crippen LogP contribution in [0, 0.1) is 13.8 Å². The van der Waals surface area contributed by atoms with Gasteiger partial charge in [0.05, 0.1) is 16.1 Å². The number of aromatic nitrogens is 3. The molecule has 0 radical (unpaired) electrons. The van der Waals surface area contributed by atoms with E-state index >= 15 is 0 Å². The average Bonchev–Trinajstić information content (AvgIpc) is 3.71. The molecule has 1 atom stereocenters. The molecule has 2 aliphatic heterocycles. The molecule has 0 saturated carbocycles. The van der Waals surface area contributed by atoms with Crippen molar-refractivity contribution in [3.63, 3.8) is 0 Å². The lowest BCUT2D eigenvalue weighted by molar-refractivity contribution is -0.137. The van der Waals surface area contributed by atoms with Gasteiger partial charge >= 0.3 is 0 Å². The fraction of sp³-hybridized carbons (Fsp3) is 0.486. The summed E-state index contributed by atoms with van der Waals surface area (Å²) in [5.74, 6) is 1.62. The molecule has 2 saturated heterocycles. The Morgan fingerprint density at radius 1 is 1.07 bits per heavy atom. The van der Waals surface area contributed by atoms with Crippen molar-refractivity contribution in [3.8, 4) is 11.3 Å². The molecule has 4 aromatic rings. The van der Waals surface area contributed by atoms with Gasteiger partial charge in [0.2, 0.25) is 5.91 Å². The summed E-state index contributed by atoms with van der Waals surface area (Å²) in [7, 11) is 2.23. The predicted molar refractivity (Wildman–Crippen MR) is 182 cm³/mol. The Kier molecular flexibility index (Phi) is 8.89. The number of fused-ring (bicyclic) bond motifs is 3. The minimum atomic E-state index is -0.574. The number of carbonyl (C=O) groups excluding carboxylic acids is 1. The van der Waals surface area contributed by atoms with Crippen molar-refractivity contribution in [3.05, 3.63) is 77.2 Å². The zero-order valence-corrected chi connectivity index (χ0v) is 28.0. The van der Waals surface area contributed by atoms with Gasteiger partial charge in [-0.25, -0.2) is 9.97 Å². The van der Waals surface area contributed by atoms with E-state index in [0.29, 0.717) is 23.9 Å². The van der Waals surface area contributed by atoms with Crippen LogP contribution in [0.2, 0.25) is 0 Å². The lowest BCUT2D eigenvalue weighted by atomic mass is 9.81. The van der Waals surface area contributed by atoms with Gasteiger partial charge in [-0.2, -0.15) is 0 Å². The molecule has 7 heteroatoms. The summed E-state index contributed by atoms with van der Waals surface area (Å²) in [6.07, 6.45) is 9.16. The van der Waals surface area contributed by atoms with E-state index in [9.17, 15) is 4.79 Å². The minimum Gasteiger partial charge on any atom is -0.354 e.